The minimum Gasteiger partial charge on any atom is -0.383 e. The number of thioether (sulfide) groups is 1. The molecule has 0 saturated heterocycles. The smallest absolute Gasteiger partial charge is 0.192 e. The summed E-state index contributed by atoms with van der Waals surface area (Å²) in [4.78, 5) is 13.1. The molecule has 8 nitrogen and oxygen atoms in total. The summed E-state index contributed by atoms with van der Waals surface area (Å²) in [6.07, 6.45) is 3.48. The third-order valence-corrected chi connectivity index (χ3v) is 5.15. The number of hydrogen-bond acceptors (Lipinski definition) is 8. The second-order valence-electron chi connectivity index (χ2n) is 6.02. The molecule has 2 N–H and O–H groups in total. The fraction of sp³-hybridized carbons (Fsp3) is 0.211. The second-order valence-corrected chi connectivity index (χ2v) is 6.96. The maximum absolute atomic E-state index is 6.09. The molecule has 4 rings (SSSR count). The molecule has 0 bridgehead atoms. The van der Waals surface area contributed by atoms with Crippen molar-refractivity contribution in [3.05, 3.63) is 54.6 Å². The molecular weight excluding hydrogens is 374 g/mol. The van der Waals surface area contributed by atoms with Crippen molar-refractivity contribution in [2.24, 2.45) is 0 Å². The number of pyridine rings is 1. The molecular formula is C19H19N7OS. The summed E-state index contributed by atoms with van der Waals surface area (Å²) in [6.45, 7) is 1.20. The summed E-state index contributed by atoms with van der Waals surface area (Å²) >= 11 is 1.52. The molecule has 0 atom stereocenters. The first-order valence-electron chi connectivity index (χ1n) is 8.72. The zero-order chi connectivity index (χ0) is 19.3. The lowest BCUT2D eigenvalue weighted by Crippen LogP contribution is -2.08. The Kier molecular flexibility index (Phi) is 5.45. The molecule has 3 aromatic heterocycles. The molecule has 0 spiro atoms. The summed E-state index contributed by atoms with van der Waals surface area (Å²) in [5.41, 5.74) is 7.88. The Balaban J connectivity index is 1.60. The third-order valence-electron chi connectivity index (χ3n) is 4.18. The van der Waals surface area contributed by atoms with Crippen LogP contribution in [0.1, 0.15) is 5.82 Å². The van der Waals surface area contributed by atoms with Crippen LogP contribution in [0.3, 0.4) is 0 Å². The van der Waals surface area contributed by atoms with Crippen LogP contribution in [-0.2, 0) is 17.0 Å². The van der Waals surface area contributed by atoms with Crippen LogP contribution in [-0.4, -0.2) is 43.4 Å². The Bertz CT molecular complexity index is 1080. The van der Waals surface area contributed by atoms with Gasteiger partial charge in [0.25, 0.3) is 0 Å². The first kappa shape index (κ1) is 18.3. The number of ether oxygens (including phenoxy) is 1. The normalized spacial score (nSPS) is 11.2. The van der Waals surface area contributed by atoms with Gasteiger partial charge in [0.2, 0.25) is 0 Å². The van der Waals surface area contributed by atoms with Crippen molar-refractivity contribution < 1.29 is 4.74 Å². The molecule has 0 aliphatic rings. The molecule has 9 heteroatoms. The van der Waals surface area contributed by atoms with Crippen LogP contribution in [0.2, 0.25) is 0 Å². The van der Waals surface area contributed by atoms with E-state index < -0.39 is 0 Å². The van der Waals surface area contributed by atoms with Gasteiger partial charge in [-0.25, -0.2) is 9.97 Å². The van der Waals surface area contributed by atoms with Gasteiger partial charge in [-0.05, 0) is 24.3 Å². The number of rotatable bonds is 7. The van der Waals surface area contributed by atoms with Crippen LogP contribution in [0.5, 0.6) is 0 Å². The molecule has 3 heterocycles. The van der Waals surface area contributed by atoms with Crippen molar-refractivity contribution >= 4 is 28.5 Å². The number of methoxy groups -OCH3 is 1. The highest BCUT2D eigenvalue weighted by molar-refractivity contribution is 7.98. The Morgan fingerprint density at radius 1 is 1.07 bits per heavy atom. The first-order valence-corrected chi connectivity index (χ1v) is 9.71. The van der Waals surface area contributed by atoms with Gasteiger partial charge in [-0.15, -0.1) is 10.2 Å². The molecule has 0 aliphatic heterocycles. The minimum atomic E-state index is 0.486. The Morgan fingerprint density at radius 2 is 1.89 bits per heavy atom. The molecule has 28 heavy (non-hydrogen) atoms. The molecule has 0 radical (unpaired) electrons. The molecule has 0 amide bonds. The van der Waals surface area contributed by atoms with E-state index in [1.165, 1.54) is 11.8 Å². The van der Waals surface area contributed by atoms with Gasteiger partial charge >= 0.3 is 0 Å². The van der Waals surface area contributed by atoms with E-state index in [0.29, 0.717) is 30.5 Å². The SMILES string of the molecule is COCCn1c(SCc2nc(N)c3ccccc3n2)nnc1-c1ccncc1. The maximum Gasteiger partial charge on any atom is 0.192 e. The predicted molar refractivity (Wildman–Crippen MR) is 109 cm³/mol. The van der Waals surface area contributed by atoms with E-state index in [1.54, 1.807) is 19.5 Å². The molecule has 0 saturated carbocycles. The lowest BCUT2D eigenvalue weighted by molar-refractivity contribution is 0.185. The fourth-order valence-corrected chi connectivity index (χ4v) is 3.66. The summed E-state index contributed by atoms with van der Waals surface area (Å²) in [5.74, 6) is 2.46. The first-order chi connectivity index (χ1) is 13.8. The number of aromatic nitrogens is 6. The van der Waals surface area contributed by atoms with Gasteiger partial charge in [-0.1, -0.05) is 23.9 Å². The average molecular weight is 393 g/mol. The average Bonchev–Trinajstić information content (AvgIpc) is 3.14. The predicted octanol–water partition coefficient (Wildman–Crippen LogP) is 2.80. The van der Waals surface area contributed by atoms with Gasteiger partial charge in [0, 0.05) is 30.5 Å². The maximum atomic E-state index is 6.09. The second kappa shape index (κ2) is 8.32. The number of anilines is 1. The number of benzene rings is 1. The van der Waals surface area contributed by atoms with Gasteiger partial charge in [0.1, 0.15) is 11.6 Å². The highest BCUT2D eigenvalue weighted by Crippen LogP contribution is 2.26. The summed E-state index contributed by atoms with van der Waals surface area (Å²) in [6, 6.07) is 11.5. The lowest BCUT2D eigenvalue weighted by atomic mass is 10.2. The van der Waals surface area contributed by atoms with Crippen molar-refractivity contribution in [2.75, 3.05) is 19.5 Å². The van der Waals surface area contributed by atoms with Crippen LogP contribution in [0.15, 0.2) is 53.9 Å². The summed E-state index contributed by atoms with van der Waals surface area (Å²) in [7, 11) is 1.68. The molecule has 0 unspecified atom stereocenters. The van der Waals surface area contributed by atoms with E-state index in [1.807, 2.05) is 41.0 Å². The van der Waals surface area contributed by atoms with Gasteiger partial charge < -0.3 is 10.5 Å². The van der Waals surface area contributed by atoms with Gasteiger partial charge in [0.15, 0.2) is 11.0 Å². The monoisotopic (exact) mass is 393 g/mol. The zero-order valence-corrected chi connectivity index (χ0v) is 16.1. The van der Waals surface area contributed by atoms with E-state index >= 15 is 0 Å². The molecule has 0 fully saturated rings. The van der Waals surface area contributed by atoms with Crippen molar-refractivity contribution in [3.8, 4) is 11.4 Å². The standard InChI is InChI=1S/C19H19N7OS/c1-27-11-10-26-18(13-6-8-21-9-7-13)24-25-19(26)28-12-16-22-15-5-3-2-4-14(15)17(20)23-16/h2-9H,10-12H2,1H3,(H2,20,22,23). The molecule has 4 aromatic rings. The van der Waals surface area contributed by atoms with Crippen LogP contribution < -0.4 is 5.73 Å². The van der Waals surface area contributed by atoms with Crippen molar-refractivity contribution in [2.45, 2.75) is 17.5 Å². The quantitative estimate of drug-likeness (QED) is 0.478. The van der Waals surface area contributed by atoms with Crippen molar-refractivity contribution in [1.29, 1.82) is 0 Å². The van der Waals surface area contributed by atoms with Crippen LogP contribution in [0.25, 0.3) is 22.3 Å². The number of nitrogen functional groups attached to an aromatic ring is 1. The van der Waals surface area contributed by atoms with Gasteiger partial charge in [0.05, 0.1) is 24.4 Å². The van der Waals surface area contributed by atoms with E-state index in [-0.39, 0.29) is 0 Å². The molecule has 142 valence electrons. The third kappa shape index (κ3) is 3.80. The largest absolute Gasteiger partial charge is 0.383 e. The number of fused-ring (bicyclic) bond motifs is 1. The van der Waals surface area contributed by atoms with E-state index in [2.05, 4.69) is 25.1 Å². The topological polar surface area (TPSA) is 105 Å². The molecule has 0 aliphatic carbocycles. The van der Waals surface area contributed by atoms with Crippen molar-refractivity contribution in [1.82, 2.24) is 29.7 Å². The van der Waals surface area contributed by atoms with Crippen LogP contribution in [0, 0.1) is 0 Å². The van der Waals surface area contributed by atoms with Crippen LogP contribution >= 0.6 is 11.8 Å². The fourth-order valence-electron chi connectivity index (χ4n) is 2.84. The number of para-hydroxylation sites is 1. The number of hydrogen-bond donors (Lipinski definition) is 1. The zero-order valence-electron chi connectivity index (χ0n) is 15.3. The van der Waals surface area contributed by atoms with Gasteiger partial charge in [-0.3, -0.25) is 9.55 Å². The van der Waals surface area contributed by atoms with Crippen molar-refractivity contribution in [3.63, 3.8) is 0 Å². The van der Waals surface area contributed by atoms with Gasteiger partial charge in [-0.2, -0.15) is 0 Å². The summed E-state index contributed by atoms with van der Waals surface area (Å²) < 4.78 is 7.28. The van der Waals surface area contributed by atoms with E-state index in [4.69, 9.17) is 10.5 Å². The Labute approximate surface area is 166 Å². The van der Waals surface area contributed by atoms with E-state index in [9.17, 15) is 0 Å². The van der Waals surface area contributed by atoms with Crippen LogP contribution in [0.4, 0.5) is 5.82 Å². The Hall–Kier alpha value is -3.04. The lowest BCUT2D eigenvalue weighted by Gasteiger charge is -2.10. The highest BCUT2D eigenvalue weighted by atomic mass is 32.2. The minimum absolute atomic E-state index is 0.486. The number of nitrogens with two attached hydrogens (primary N) is 1. The highest BCUT2D eigenvalue weighted by Gasteiger charge is 2.15. The number of nitrogens with zero attached hydrogens (tertiary/aromatic N) is 6. The summed E-state index contributed by atoms with van der Waals surface area (Å²) in [5, 5.41) is 10.4. The van der Waals surface area contributed by atoms with E-state index in [0.717, 1.165) is 27.4 Å². The Morgan fingerprint density at radius 3 is 2.71 bits per heavy atom. The molecule has 1 aromatic carbocycles.